The summed E-state index contributed by atoms with van der Waals surface area (Å²) >= 11 is 25.0. The maximum atomic E-state index is 3.63. The predicted octanol–water partition coefficient (Wildman–Crippen LogP) is 8.69. The second-order valence-corrected chi connectivity index (χ2v) is 9.45. The number of hydrogen-bond acceptors (Lipinski definition) is 0. The first-order valence-electron chi connectivity index (χ1n) is 4.80. The minimum absolute atomic E-state index is 0.989. The Balaban J connectivity index is 2.83. The molecule has 0 amide bonds. The summed E-state index contributed by atoms with van der Waals surface area (Å²) in [6.07, 6.45) is 0. The summed E-state index contributed by atoms with van der Waals surface area (Å²) in [5, 5.41) is 0. The molecule has 0 nitrogen and oxygen atoms in total. The monoisotopic (exact) mass is 699 g/mol. The third-order valence-corrected chi connectivity index (χ3v) is 8.85. The van der Waals surface area contributed by atoms with E-state index in [-0.39, 0.29) is 0 Å². The summed E-state index contributed by atoms with van der Waals surface area (Å²) in [6, 6.07) is 6.09. The molecule has 0 aliphatic heterocycles. The van der Waals surface area contributed by atoms with Crippen LogP contribution >= 0.6 is 112 Å². The molecule has 0 aliphatic carbocycles. The third-order valence-electron chi connectivity index (χ3n) is 2.39. The summed E-state index contributed by atoms with van der Waals surface area (Å²) in [6.45, 7) is 0. The molecular formula is C12H3Br7. The molecule has 0 atom stereocenters. The van der Waals surface area contributed by atoms with Crippen molar-refractivity contribution in [2.45, 2.75) is 0 Å². The molecule has 0 saturated heterocycles. The quantitative estimate of drug-likeness (QED) is 0.261. The molecule has 0 radical (unpaired) electrons. The van der Waals surface area contributed by atoms with Crippen LogP contribution in [0.2, 0.25) is 0 Å². The van der Waals surface area contributed by atoms with Crippen molar-refractivity contribution in [3.63, 3.8) is 0 Å². The van der Waals surface area contributed by atoms with Gasteiger partial charge in [-0.1, -0.05) is 15.9 Å². The zero-order chi connectivity index (χ0) is 14.3. The predicted molar refractivity (Wildman–Crippen MR) is 106 cm³/mol. The number of benzene rings is 2. The average Bonchev–Trinajstić information content (AvgIpc) is 2.33. The maximum Gasteiger partial charge on any atom is 0.0408 e. The van der Waals surface area contributed by atoms with Gasteiger partial charge in [-0.2, -0.15) is 0 Å². The Kier molecular flexibility index (Phi) is 6.25. The highest BCUT2D eigenvalue weighted by Gasteiger charge is 2.17. The van der Waals surface area contributed by atoms with Gasteiger partial charge in [-0.3, -0.25) is 0 Å². The van der Waals surface area contributed by atoms with Gasteiger partial charge < -0.3 is 0 Å². The van der Waals surface area contributed by atoms with Crippen LogP contribution in [0.1, 0.15) is 0 Å². The van der Waals surface area contributed by atoms with Crippen LogP contribution in [0.4, 0.5) is 0 Å². The SMILES string of the molecule is Brc1cc(Br)c(-c2c(Br)c(Br)cc(Br)c2Br)cc1Br. The average molecular weight is 706 g/mol. The molecule has 2 aromatic rings. The van der Waals surface area contributed by atoms with Gasteiger partial charge >= 0.3 is 0 Å². The van der Waals surface area contributed by atoms with Crippen LogP contribution in [-0.4, -0.2) is 0 Å². The van der Waals surface area contributed by atoms with Crippen LogP contribution < -0.4 is 0 Å². The fraction of sp³-hybridized carbons (Fsp3) is 0. The Labute approximate surface area is 170 Å². The van der Waals surface area contributed by atoms with Crippen LogP contribution in [0.5, 0.6) is 0 Å². The van der Waals surface area contributed by atoms with E-state index in [9.17, 15) is 0 Å². The van der Waals surface area contributed by atoms with Crippen LogP contribution in [0.3, 0.4) is 0 Å². The summed E-state index contributed by atoms with van der Waals surface area (Å²) in [5.41, 5.74) is 2.15. The second kappa shape index (κ2) is 6.92. The Hall–Kier alpha value is 1.80. The molecule has 0 bridgehead atoms. The first-order valence-corrected chi connectivity index (χ1v) is 10.4. The van der Waals surface area contributed by atoms with Gasteiger partial charge in [-0.15, -0.1) is 0 Å². The number of rotatable bonds is 1. The zero-order valence-corrected chi connectivity index (χ0v) is 20.0. The van der Waals surface area contributed by atoms with Gasteiger partial charge in [0.15, 0.2) is 0 Å². The molecule has 0 aliphatic rings. The lowest BCUT2D eigenvalue weighted by Crippen LogP contribution is -1.88. The van der Waals surface area contributed by atoms with E-state index in [1.165, 1.54) is 0 Å². The Morgan fingerprint density at radius 2 is 0.895 bits per heavy atom. The van der Waals surface area contributed by atoms with Crippen LogP contribution in [-0.2, 0) is 0 Å². The first-order chi connectivity index (χ1) is 8.82. The highest BCUT2D eigenvalue weighted by atomic mass is 79.9. The minimum atomic E-state index is 0.989. The largest absolute Gasteiger partial charge is 0.0501 e. The summed E-state index contributed by atoms with van der Waals surface area (Å²) < 4.78 is 6.99. The molecule has 0 heterocycles. The van der Waals surface area contributed by atoms with Gasteiger partial charge in [0, 0.05) is 36.9 Å². The molecule has 7 heteroatoms. The van der Waals surface area contributed by atoms with E-state index in [0.717, 1.165) is 42.4 Å². The van der Waals surface area contributed by atoms with E-state index in [1.54, 1.807) is 0 Å². The summed E-state index contributed by atoms with van der Waals surface area (Å²) in [7, 11) is 0. The second-order valence-electron chi connectivity index (χ2n) is 3.59. The van der Waals surface area contributed by atoms with E-state index >= 15 is 0 Å². The van der Waals surface area contributed by atoms with Gasteiger partial charge in [0.05, 0.1) is 0 Å². The fourth-order valence-corrected chi connectivity index (χ4v) is 5.54. The smallest absolute Gasteiger partial charge is 0.0408 e. The Bertz CT molecular complexity index is 638. The van der Waals surface area contributed by atoms with Crippen LogP contribution in [0.25, 0.3) is 11.1 Å². The van der Waals surface area contributed by atoms with E-state index in [0.29, 0.717) is 0 Å². The molecule has 2 aromatic carbocycles. The highest BCUT2D eigenvalue weighted by molar-refractivity contribution is 9.14. The lowest BCUT2D eigenvalue weighted by atomic mass is 10.1. The zero-order valence-electron chi connectivity index (χ0n) is 8.88. The number of halogens is 7. The molecule has 0 unspecified atom stereocenters. The van der Waals surface area contributed by atoms with Crippen molar-refractivity contribution < 1.29 is 0 Å². The van der Waals surface area contributed by atoms with Crippen molar-refractivity contribution in [2.24, 2.45) is 0 Å². The molecule has 0 fully saturated rings. The van der Waals surface area contributed by atoms with Gasteiger partial charge in [0.2, 0.25) is 0 Å². The molecule has 0 spiro atoms. The van der Waals surface area contributed by atoms with Crippen molar-refractivity contribution in [1.82, 2.24) is 0 Å². The van der Waals surface area contributed by atoms with Gasteiger partial charge in [-0.05, 0) is 119 Å². The standard InChI is InChI=1S/C12H3Br7/c13-5-2-7(15)6(14)1-4(5)10-11(18)8(16)3-9(17)12(10)19/h1-3H. The van der Waals surface area contributed by atoms with E-state index in [2.05, 4.69) is 118 Å². The van der Waals surface area contributed by atoms with Crippen molar-refractivity contribution in [2.75, 3.05) is 0 Å². The molecule has 2 rings (SSSR count). The molecule has 19 heavy (non-hydrogen) atoms. The van der Waals surface area contributed by atoms with Crippen LogP contribution in [0, 0.1) is 0 Å². The Morgan fingerprint density at radius 1 is 0.474 bits per heavy atom. The van der Waals surface area contributed by atoms with Gasteiger partial charge in [-0.25, -0.2) is 0 Å². The molecular weight excluding hydrogens is 703 g/mol. The molecule has 0 saturated carbocycles. The normalized spacial score (nSPS) is 10.9. The van der Waals surface area contributed by atoms with Crippen molar-refractivity contribution in [3.8, 4) is 11.1 Å². The minimum Gasteiger partial charge on any atom is -0.0501 e. The lowest BCUT2D eigenvalue weighted by Gasteiger charge is -2.14. The van der Waals surface area contributed by atoms with E-state index < -0.39 is 0 Å². The van der Waals surface area contributed by atoms with Crippen LogP contribution in [0.15, 0.2) is 49.5 Å². The van der Waals surface area contributed by atoms with E-state index in [4.69, 9.17) is 0 Å². The molecule has 0 N–H and O–H groups in total. The van der Waals surface area contributed by atoms with Crippen molar-refractivity contribution in [1.29, 1.82) is 0 Å². The van der Waals surface area contributed by atoms with E-state index in [1.807, 2.05) is 12.1 Å². The fourth-order valence-electron chi connectivity index (χ4n) is 1.52. The first kappa shape index (κ1) is 17.2. The van der Waals surface area contributed by atoms with Gasteiger partial charge in [0.25, 0.3) is 0 Å². The van der Waals surface area contributed by atoms with Crippen molar-refractivity contribution in [3.05, 3.63) is 49.5 Å². The van der Waals surface area contributed by atoms with Crippen molar-refractivity contribution >= 4 is 112 Å². The maximum absolute atomic E-state index is 3.63. The van der Waals surface area contributed by atoms with Gasteiger partial charge in [0.1, 0.15) is 0 Å². The molecule has 100 valence electrons. The topological polar surface area (TPSA) is 0 Å². The summed E-state index contributed by atoms with van der Waals surface area (Å²) in [5.74, 6) is 0. The highest BCUT2D eigenvalue weighted by Crippen LogP contribution is 2.47. The number of hydrogen-bond donors (Lipinski definition) is 0. The lowest BCUT2D eigenvalue weighted by molar-refractivity contribution is 1.45. The Morgan fingerprint density at radius 3 is 1.42 bits per heavy atom. The summed E-state index contributed by atoms with van der Waals surface area (Å²) in [4.78, 5) is 0. The third kappa shape index (κ3) is 3.59. The molecule has 0 aromatic heterocycles.